The first-order valence-corrected chi connectivity index (χ1v) is 10.8. The molecule has 0 unspecified atom stereocenters. The van der Waals surface area contributed by atoms with Crippen molar-refractivity contribution in [2.75, 3.05) is 0 Å². The van der Waals surface area contributed by atoms with Crippen LogP contribution in [0.5, 0.6) is 0 Å². The predicted octanol–water partition coefficient (Wildman–Crippen LogP) is 5.38. The van der Waals surface area contributed by atoms with Gasteiger partial charge in [-0.3, -0.25) is 19.0 Å². The lowest BCUT2D eigenvalue weighted by molar-refractivity contribution is 0.768. The van der Waals surface area contributed by atoms with E-state index in [1.54, 1.807) is 15.3 Å². The van der Waals surface area contributed by atoms with Crippen LogP contribution >= 0.6 is 0 Å². The van der Waals surface area contributed by atoms with Crippen molar-refractivity contribution in [2.24, 2.45) is 7.05 Å². The minimum absolute atomic E-state index is 0.0785. The molecule has 6 rings (SSSR count). The molecule has 4 heterocycles. The number of nitrogens with zero attached hydrogens (tertiary/aromatic N) is 5. The summed E-state index contributed by atoms with van der Waals surface area (Å²) in [5.74, 6) is 0. The van der Waals surface area contributed by atoms with E-state index in [1.807, 2.05) is 75.3 Å². The number of fused-ring (bicyclic) bond motifs is 4. The van der Waals surface area contributed by atoms with Crippen molar-refractivity contribution in [3.05, 3.63) is 95.8 Å². The molecule has 33 heavy (non-hydrogen) atoms. The van der Waals surface area contributed by atoms with Gasteiger partial charge in [-0.15, -0.1) is 0 Å². The van der Waals surface area contributed by atoms with Gasteiger partial charge in [0.25, 0.3) is 5.56 Å². The van der Waals surface area contributed by atoms with Crippen LogP contribution in [0.3, 0.4) is 0 Å². The van der Waals surface area contributed by atoms with E-state index >= 15 is 0 Å². The number of rotatable bonds is 3. The Morgan fingerprint density at radius 3 is 2.61 bits per heavy atom. The van der Waals surface area contributed by atoms with Crippen LogP contribution in [0.15, 0.2) is 90.3 Å². The molecular weight excluding hydrogens is 410 g/mol. The van der Waals surface area contributed by atoms with E-state index in [-0.39, 0.29) is 5.56 Å². The zero-order valence-electron chi connectivity index (χ0n) is 18.3. The molecule has 6 nitrogen and oxygen atoms in total. The van der Waals surface area contributed by atoms with E-state index in [0.717, 1.165) is 49.5 Å². The maximum atomic E-state index is 13.2. The highest BCUT2D eigenvalue weighted by atomic mass is 16.1. The Morgan fingerprint density at radius 1 is 0.909 bits per heavy atom. The molecule has 160 valence electrons. The fourth-order valence-corrected chi connectivity index (χ4v) is 4.48. The summed E-state index contributed by atoms with van der Waals surface area (Å²) in [7, 11) is 1.90. The van der Waals surface area contributed by atoms with E-state index in [9.17, 15) is 4.79 Å². The molecule has 0 atom stereocenters. The Hall–Kier alpha value is -4.45. The van der Waals surface area contributed by atoms with Crippen molar-refractivity contribution < 1.29 is 0 Å². The lowest BCUT2D eigenvalue weighted by Gasteiger charge is -2.14. The Balaban J connectivity index is 1.69. The largest absolute Gasteiger partial charge is 0.324 e. The molecule has 0 aliphatic rings. The monoisotopic (exact) mass is 431 g/mol. The summed E-state index contributed by atoms with van der Waals surface area (Å²) < 4.78 is 5.64. The molecule has 0 aliphatic carbocycles. The number of aryl methyl sites for hydroxylation is 1. The van der Waals surface area contributed by atoms with Crippen LogP contribution in [0.2, 0.25) is 0 Å². The van der Waals surface area contributed by atoms with E-state index in [0.29, 0.717) is 0 Å². The van der Waals surface area contributed by atoms with Crippen LogP contribution in [-0.4, -0.2) is 23.9 Å². The third-order valence-electron chi connectivity index (χ3n) is 6.03. The topological polar surface area (TPSA) is 57.6 Å². The lowest BCUT2D eigenvalue weighted by atomic mass is 10.0. The van der Waals surface area contributed by atoms with E-state index in [2.05, 4.69) is 38.9 Å². The number of aromatic nitrogens is 5. The van der Waals surface area contributed by atoms with Crippen LogP contribution in [0.25, 0.3) is 55.7 Å². The summed E-state index contributed by atoms with van der Waals surface area (Å²) in [5.41, 5.74) is 5.53. The second kappa shape index (κ2) is 7.31. The van der Waals surface area contributed by atoms with Gasteiger partial charge in [-0.05, 0) is 48.9 Å². The number of hydrogen-bond donors (Lipinski definition) is 0. The minimum Gasteiger partial charge on any atom is -0.324 e. The first-order chi connectivity index (χ1) is 16.1. The van der Waals surface area contributed by atoms with E-state index in [4.69, 9.17) is 0 Å². The first-order valence-electron chi connectivity index (χ1n) is 10.8. The molecule has 2 aromatic carbocycles. The summed E-state index contributed by atoms with van der Waals surface area (Å²) >= 11 is 0. The van der Waals surface area contributed by atoms with Gasteiger partial charge in [-0.2, -0.15) is 5.10 Å². The van der Waals surface area contributed by atoms with E-state index < -0.39 is 0 Å². The Bertz CT molecular complexity index is 1770. The summed E-state index contributed by atoms with van der Waals surface area (Å²) in [6, 6.07) is 17.8. The van der Waals surface area contributed by atoms with Crippen LogP contribution in [0.4, 0.5) is 0 Å². The number of allylic oxidation sites excluding steroid dienone is 1. The smallest absolute Gasteiger partial charge is 0.255 e. The molecule has 0 radical (unpaired) electrons. The molecule has 0 bridgehead atoms. The Labute approximate surface area is 189 Å². The van der Waals surface area contributed by atoms with Gasteiger partial charge in [0.1, 0.15) is 0 Å². The molecule has 0 saturated heterocycles. The van der Waals surface area contributed by atoms with Crippen LogP contribution in [-0.2, 0) is 7.05 Å². The zero-order valence-corrected chi connectivity index (χ0v) is 18.3. The van der Waals surface area contributed by atoms with Gasteiger partial charge in [-0.25, -0.2) is 0 Å². The van der Waals surface area contributed by atoms with Gasteiger partial charge in [0.05, 0.1) is 28.4 Å². The molecule has 0 saturated carbocycles. The molecule has 0 spiro atoms. The maximum Gasteiger partial charge on any atom is 0.255 e. The number of hydrogen-bond acceptors (Lipinski definition) is 3. The van der Waals surface area contributed by atoms with Gasteiger partial charge in [0.2, 0.25) is 0 Å². The second-order valence-corrected chi connectivity index (χ2v) is 8.15. The highest BCUT2D eigenvalue weighted by molar-refractivity contribution is 6.05. The SMILES string of the molecule is CC=Cn1ccc2ccc(-n3c(=O)ccc4cnc5ccc(-c6cnn(C)c6)cc5c43)cc21. The molecule has 0 amide bonds. The molecule has 6 aromatic rings. The third kappa shape index (κ3) is 3.07. The summed E-state index contributed by atoms with van der Waals surface area (Å²) in [6.07, 6.45) is 11.7. The standard InChI is InChI=1S/C27H21N5O/c1-3-11-31-12-10-18-4-7-22(14-25(18)31)32-26(33)9-6-20-15-28-24-8-5-19(13-23(24)27(20)32)21-16-29-30(2)17-21/h3-17H,1-2H3. The molecular formula is C27H21N5O. The minimum atomic E-state index is -0.0785. The average Bonchev–Trinajstić information content (AvgIpc) is 3.45. The van der Waals surface area contributed by atoms with Gasteiger partial charge in [-0.1, -0.05) is 18.2 Å². The number of pyridine rings is 2. The summed E-state index contributed by atoms with van der Waals surface area (Å²) in [4.78, 5) is 17.9. The third-order valence-corrected chi connectivity index (χ3v) is 6.03. The highest BCUT2D eigenvalue weighted by Crippen LogP contribution is 2.30. The van der Waals surface area contributed by atoms with Gasteiger partial charge >= 0.3 is 0 Å². The van der Waals surface area contributed by atoms with Crippen molar-refractivity contribution >= 4 is 38.9 Å². The molecule has 0 N–H and O–H groups in total. The normalized spacial score (nSPS) is 11.9. The van der Waals surface area contributed by atoms with Crippen molar-refractivity contribution in [3.8, 4) is 16.8 Å². The van der Waals surface area contributed by atoms with Crippen molar-refractivity contribution in [3.63, 3.8) is 0 Å². The maximum absolute atomic E-state index is 13.2. The van der Waals surface area contributed by atoms with E-state index in [1.165, 1.54) is 0 Å². The van der Waals surface area contributed by atoms with Crippen LogP contribution in [0, 0.1) is 0 Å². The molecule has 0 aliphatic heterocycles. The second-order valence-electron chi connectivity index (χ2n) is 8.15. The Kier molecular flexibility index (Phi) is 4.26. The quantitative estimate of drug-likeness (QED) is 0.353. The lowest BCUT2D eigenvalue weighted by Crippen LogP contribution is -2.17. The van der Waals surface area contributed by atoms with Gasteiger partial charge < -0.3 is 4.57 Å². The zero-order chi connectivity index (χ0) is 22.5. The molecule has 6 heteroatoms. The fourth-order valence-electron chi connectivity index (χ4n) is 4.48. The van der Waals surface area contributed by atoms with Gasteiger partial charge in [0.15, 0.2) is 0 Å². The molecule has 0 fully saturated rings. The predicted molar refractivity (Wildman–Crippen MR) is 134 cm³/mol. The number of benzene rings is 2. The highest BCUT2D eigenvalue weighted by Gasteiger charge is 2.13. The van der Waals surface area contributed by atoms with Crippen molar-refractivity contribution in [1.29, 1.82) is 0 Å². The molecule has 4 aromatic heterocycles. The first kappa shape index (κ1) is 19.3. The summed E-state index contributed by atoms with van der Waals surface area (Å²) in [6.45, 7) is 1.99. The fraction of sp³-hybridized carbons (Fsp3) is 0.0741. The average molecular weight is 431 g/mol. The van der Waals surface area contributed by atoms with Gasteiger partial charge in [0, 0.05) is 59.6 Å². The van der Waals surface area contributed by atoms with Crippen molar-refractivity contribution in [1.82, 2.24) is 23.9 Å². The summed E-state index contributed by atoms with van der Waals surface area (Å²) in [5, 5.41) is 7.26. The van der Waals surface area contributed by atoms with Crippen LogP contribution < -0.4 is 5.56 Å². The van der Waals surface area contributed by atoms with Crippen LogP contribution in [0.1, 0.15) is 6.92 Å². The van der Waals surface area contributed by atoms with Crippen molar-refractivity contribution in [2.45, 2.75) is 6.92 Å². The Morgan fingerprint density at radius 2 is 1.79 bits per heavy atom.